The molecular weight excluding hydrogens is 464 g/mol. The van der Waals surface area contributed by atoms with Crippen LogP contribution >= 0.6 is 0 Å². The van der Waals surface area contributed by atoms with Gasteiger partial charge in [-0.05, 0) is 61.2 Å². The van der Waals surface area contributed by atoms with Gasteiger partial charge in [-0.25, -0.2) is 0 Å². The summed E-state index contributed by atoms with van der Waals surface area (Å²) < 4.78 is 43.3. The molecule has 7 fully saturated rings. The smallest absolute Gasteiger partial charge is 0.302 e. The normalized spacial score (nSPS) is 55.1. The van der Waals surface area contributed by atoms with Gasteiger partial charge in [0.05, 0.1) is 13.2 Å². The molecule has 0 aromatic carbocycles. The second kappa shape index (κ2) is 7.89. The van der Waals surface area contributed by atoms with Crippen LogP contribution in [-0.4, -0.2) is 62.7 Å². The maximum atomic E-state index is 12.4. The lowest BCUT2D eigenvalue weighted by Gasteiger charge is -2.66. The summed E-state index contributed by atoms with van der Waals surface area (Å²) in [6, 6.07) is 0. The van der Waals surface area contributed by atoms with Crippen LogP contribution in [0.5, 0.6) is 0 Å². The van der Waals surface area contributed by atoms with Gasteiger partial charge in [-0.2, -0.15) is 0 Å². The van der Waals surface area contributed by atoms with Crippen molar-refractivity contribution < 1.29 is 38.0 Å². The van der Waals surface area contributed by atoms with Crippen LogP contribution in [0.4, 0.5) is 0 Å². The van der Waals surface area contributed by atoms with Crippen molar-refractivity contribution in [1.29, 1.82) is 0 Å². The molecule has 8 heteroatoms. The highest BCUT2D eigenvalue weighted by Crippen LogP contribution is 2.74. The van der Waals surface area contributed by atoms with E-state index in [-0.39, 0.29) is 36.5 Å². The van der Waals surface area contributed by atoms with E-state index in [4.69, 9.17) is 33.2 Å². The first-order chi connectivity index (χ1) is 17.2. The van der Waals surface area contributed by atoms with E-state index in [1.165, 1.54) is 0 Å². The summed E-state index contributed by atoms with van der Waals surface area (Å²) >= 11 is 0. The van der Waals surface area contributed by atoms with Crippen molar-refractivity contribution in [1.82, 2.24) is 0 Å². The maximum absolute atomic E-state index is 12.4. The van der Waals surface area contributed by atoms with E-state index in [0.29, 0.717) is 49.4 Å². The fourth-order valence-corrected chi connectivity index (χ4v) is 10.6. The second-order valence-electron chi connectivity index (χ2n) is 13.2. The molecule has 0 bridgehead atoms. The molecule has 202 valence electrons. The van der Waals surface area contributed by atoms with Crippen LogP contribution in [-0.2, 0) is 38.0 Å². The molecule has 0 radical (unpaired) electrons. The summed E-state index contributed by atoms with van der Waals surface area (Å²) in [4.78, 5) is 12.4. The molecule has 3 spiro atoms. The molecule has 3 saturated heterocycles. The van der Waals surface area contributed by atoms with Gasteiger partial charge in [0.15, 0.2) is 19.4 Å². The highest BCUT2D eigenvalue weighted by atomic mass is 16.9. The zero-order valence-electron chi connectivity index (χ0n) is 22.2. The summed E-state index contributed by atoms with van der Waals surface area (Å²) in [5.41, 5.74) is -0.551. The quantitative estimate of drug-likeness (QED) is 0.494. The van der Waals surface area contributed by atoms with Crippen molar-refractivity contribution in [2.75, 3.05) is 33.4 Å². The van der Waals surface area contributed by atoms with E-state index in [2.05, 4.69) is 20.8 Å². The van der Waals surface area contributed by atoms with E-state index in [9.17, 15) is 4.79 Å². The van der Waals surface area contributed by atoms with Gasteiger partial charge in [-0.1, -0.05) is 20.8 Å². The largest absolute Gasteiger partial charge is 0.462 e. The van der Waals surface area contributed by atoms with Crippen LogP contribution in [0.25, 0.3) is 0 Å². The molecule has 0 aromatic rings. The van der Waals surface area contributed by atoms with Crippen LogP contribution in [0.2, 0.25) is 0 Å². The standard InChI is InChI=1S/C28H42O8/c1-17-11-21-23(20-5-6-27(25(17,20)4)28(35-16-33-27)14-30-15-34-28)22(36-18(2)29)12-19-13-26(31-9-10-32-26)8-7-24(19,21)3/h17,19-23H,5-16H2,1-4H3/t17-,19+,20?,21?,22?,23?,24-,25-,27+,28?/m0/s1. The monoisotopic (exact) mass is 506 g/mol. The predicted molar refractivity (Wildman–Crippen MR) is 126 cm³/mol. The molecule has 7 rings (SSSR count). The first-order valence-corrected chi connectivity index (χ1v) is 14.1. The van der Waals surface area contributed by atoms with E-state index < -0.39 is 17.2 Å². The number of carbonyl (C=O) groups excluding carboxylic acids is 1. The highest BCUT2D eigenvalue weighted by Gasteiger charge is 2.78. The van der Waals surface area contributed by atoms with E-state index >= 15 is 0 Å². The Morgan fingerprint density at radius 3 is 2.42 bits per heavy atom. The molecule has 7 aliphatic rings. The molecule has 0 aromatic heterocycles. The lowest BCUT2D eigenvalue weighted by atomic mass is 9.41. The summed E-state index contributed by atoms with van der Waals surface area (Å²) in [5, 5.41) is 0. The van der Waals surface area contributed by atoms with Crippen molar-refractivity contribution in [2.24, 2.45) is 40.4 Å². The van der Waals surface area contributed by atoms with Crippen LogP contribution in [0, 0.1) is 40.4 Å². The fraction of sp³-hybridized carbons (Fsp3) is 0.964. The van der Waals surface area contributed by atoms with Crippen molar-refractivity contribution in [3.8, 4) is 0 Å². The average molecular weight is 507 g/mol. The molecule has 5 unspecified atom stereocenters. The Morgan fingerprint density at radius 2 is 1.69 bits per heavy atom. The molecule has 3 heterocycles. The van der Waals surface area contributed by atoms with Gasteiger partial charge >= 0.3 is 5.97 Å². The zero-order valence-corrected chi connectivity index (χ0v) is 22.2. The lowest BCUT2D eigenvalue weighted by molar-refractivity contribution is -0.279. The van der Waals surface area contributed by atoms with Crippen molar-refractivity contribution in [2.45, 2.75) is 95.9 Å². The lowest BCUT2D eigenvalue weighted by Crippen LogP contribution is -2.68. The first kappa shape index (κ1) is 24.3. The van der Waals surface area contributed by atoms with Gasteiger partial charge in [0.25, 0.3) is 0 Å². The summed E-state index contributed by atoms with van der Waals surface area (Å²) in [6.07, 6.45) is 6.69. The number of ether oxygens (including phenoxy) is 7. The summed E-state index contributed by atoms with van der Waals surface area (Å²) in [7, 11) is 0. The number of rotatable bonds is 1. The minimum absolute atomic E-state index is 0.104. The predicted octanol–water partition coefficient (Wildman–Crippen LogP) is 4.00. The molecule has 0 N–H and O–H groups in total. The molecule has 3 aliphatic heterocycles. The van der Waals surface area contributed by atoms with Crippen LogP contribution in [0.15, 0.2) is 0 Å². The van der Waals surface area contributed by atoms with Crippen molar-refractivity contribution >= 4 is 5.97 Å². The minimum Gasteiger partial charge on any atom is -0.462 e. The Labute approximate surface area is 214 Å². The van der Waals surface area contributed by atoms with Crippen molar-refractivity contribution in [3.63, 3.8) is 0 Å². The molecule has 36 heavy (non-hydrogen) atoms. The maximum Gasteiger partial charge on any atom is 0.302 e. The van der Waals surface area contributed by atoms with E-state index in [1.54, 1.807) is 6.92 Å². The third-order valence-corrected chi connectivity index (χ3v) is 12.3. The molecule has 4 saturated carbocycles. The third kappa shape index (κ3) is 2.89. The third-order valence-electron chi connectivity index (χ3n) is 12.3. The van der Waals surface area contributed by atoms with Gasteiger partial charge in [-0.15, -0.1) is 0 Å². The van der Waals surface area contributed by atoms with Gasteiger partial charge < -0.3 is 33.2 Å². The first-order valence-electron chi connectivity index (χ1n) is 14.1. The van der Waals surface area contributed by atoms with Gasteiger partial charge in [-0.3, -0.25) is 4.79 Å². The topological polar surface area (TPSA) is 81.7 Å². The Bertz CT molecular complexity index is 906. The number of hydrogen-bond acceptors (Lipinski definition) is 8. The second-order valence-corrected chi connectivity index (χ2v) is 13.2. The average Bonchev–Trinajstić information content (AvgIpc) is 3.62. The SMILES string of the molecule is CC(=O)OC1C[C@@H]2CC3(CC[C@]2(C)C2C[C@H](C)[C@@]4(C)C(CC[C@@]45OCOC54COCO4)C12)OCCO3. The van der Waals surface area contributed by atoms with Crippen LogP contribution < -0.4 is 0 Å². The molecule has 10 atom stereocenters. The fourth-order valence-electron chi connectivity index (χ4n) is 10.6. The van der Waals surface area contributed by atoms with E-state index in [0.717, 1.165) is 44.9 Å². The number of carbonyl (C=O) groups is 1. The molecule has 4 aliphatic carbocycles. The Hall–Kier alpha value is -0.770. The molecular formula is C28H42O8. The highest BCUT2D eigenvalue weighted by molar-refractivity contribution is 5.66. The summed E-state index contributed by atoms with van der Waals surface area (Å²) in [6.45, 7) is 11.1. The van der Waals surface area contributed by atoms with Gasteiger partial charge in [0, 0.05) is 31.1 Å². The van der Waals surface area contributed by atoms with E-state index in [1.807, 2.05) is 0 Å². The molecule has 0 amide bonds. The number of hydrogen-bond donors (Lipinski definition) is 0. The number of fused-ring (bicyclic) bond motifs is 7. The van der Waals surface area contributed by atoms with Crippen molar-refractivity contribution in [3.05, 3.63) is 0 Å². The Morgan fingerprint density at radius 1 is 0.917 bits per heavy atom. The minimum atomic E-state index is -0.843. The number of esters is 1. The van der Waals surface area contributed by atoms with Gasteiger partial charge in [0.1, 0.15) is 18.3 Å². The van der Waals surface area contributed by atoms with Gasteiger partial charge in [0.2, 0.25) is 5.79 Å². The zero-order chi connectivity index (χ0) is 25.0. The van der Waals surface area contributed by atoms with Crippen LogP contribution in [0.3, 0.4) is 0 Å². The molecule has 8 nitrogen and oxygen atoms in total. The summed E-state index contributed by atoms with van der Waals surface area (Å²) in [5.74, 6) is 0.461. The van der Waals surface area contributed by atoms with Crippen LogP contribution in [0.1, 0.15) is 72.6 Å². The Balaban J connectivity index is 1.28. The Kier molecular flexibility index (Phi) is 5.32.